The van der Waals surface area contributed by atoms with Crippen LogP contribution in [0.15, 0.2) is 13.2 Å². The fourth-order valence-corrected chi connectivity index (χ4v) is 3.32. The second-order valence-electron chi connectivity index (χ2n) is 6.81. The zero-order chi connectivity index (χ0) is 15.5. The molecule has 0 aromatic carbocycles. The normalized spacial score (nSPS) is 33.5. The van der Waals surface area contributed by atoms with Crippen molar-refractivity contribution in [1.29, 1.82) is 0 Å². The monoisotopic (exact) mass is 275 g/mol. The Morgan fingerprint density at radius 3 is 1.95 bits per heavy atom. The van der Waals surface area contributed by atoms with Gasteiger partial charge in [0, 0.05) is 17.4 Å². The topological polar surface area (TPSA) is 26.0 Å². The van der Waals surface area contributed by atoms with Crippen molar-refractivity contribution in [2.45, 2.75) is 72.3 Å². The Morgan fingerprint density at radius 2 is 1.58 bits per heavy atom. The minimum atomic E-state index is -2.61. The van der Waals surface area contributed by atoms with E-state index in [0.717, 1.165) is 12.8 Å². The molecule has 0 bridgehead atoms. The molecule has 114 valence electrons. The van der Waals surface area contributed by atoms with E-state index in [-0.39, 0.29) is 11.5 Å². The summed E-state index contributed by atoms with van der Waals surface area (Å²) in [5, 5.41) is 0. The summed E-state index contributed by atoms with van der Waals surface area (Å²) in [6, 6.07) is -0.0231. The molecule has 0 heterocycles. The van der Waals surface area contributed by atoms with Crippen molar-refractivity contribution in [3.05, 3.63) is 13.2 Å². The van der Waals surface area contributed by atoms with E-state index in [1.807, 2.05) is 6.92 Å². The summed E-state index contributed by atoms with van der Waals surface area (Å²) in [6.07, 6.45) is 2.97. The van der Waals surface area contributed by atoms with Crippen LogP contribution in [0.4, 0.5) is 8.78 Å². The third kappa shape index (κ3) is 3.56. The van der Waals surface area contributed by atoms with Gasteiger partial charge in [-0.15, -0.1) is 13.2 Å². The summed E-state index contributed by atoms with van der Waals surface area (Å²) in [4.78, 5) is 0. The molecule has 3 unspecified atom stereocenters. The van der Waals surface area contributed by atoms with E-state index < -0.39 is 17.3 Å². The van der Waals surface area contributed by atoms with Gasteiger partial charge >= 0.3 is 0 Å². The van der Waals surface area contributed by atoms with Gasteiger partial charge in [-0.3, -0.25) is 0 Å². The van der Waals surface area contributed by atoms with Crippen LogP contribution in [-0.4, -0.2) is 12.0 Å². The molecule has 0 aliphatic heterocycles. The highest BCUT2D eigenvalue weighted by Crippen LogP contribution is 2.56. The van der Waals surface area contributed by atoms with Gasteiger partial charge in [-0.05, 0) is 31.6 Å². The van der Waals surface area contributed by atoms with E-state index in [0.29, 0.717) is 12.8 Å². The van der Waals surface area contributed by atoms with Gasteiger partial charge in [0.25, 0.3) is 5.92 Å². The van der Waals surface area contributed by atoms with E-state index in [1.165, 1.54) is 0 Å². The van der Waals surface area contributed by atoms with Crippen LogP contribution in [0, 0.1) is 16.7 Å². The van der Waals surface area contributed by atoms with Gasteiger partial charge in [-0.25, -0.2) is 8.78 Å². The average molecular weight is 275 g/mol. The molecule has 2 N–H and O–H groups in total. The molecule has 0 aromatic heterocycles. The maximum absolute atomic E-state index is 14.4. The van der Waals surface area contributed by atoms with Crippen molar-refractivity contribution in [3.8, 4) is 0 Å². The largest absolute Gasteiger partial charge is 0.327 e. The Morgan fingerprint density at radius 1 is 1.11 bits per heavy atom. The average Bonchev–Trinajstić information content (AvgIpc) is 2.30. The first-order chi connectivity index (χ1) is 8.55. The molecule has 0 radical (unpaired) electrons. The number of rotatable bonds is 3. The Bertz CT molecular complexity index is 288. The lowest BCUT2D eigenvalue weighted by atomic mass is 9.57. The molecule has 3 heteroatoms. The molecule has 1 fully saturated rings. The number of halogens is 2. The third-order valence-corrected chi connectivity index (χ3v) is 4.90. The maximum atomic E-state index is 14.4. The van der Waals surface area contributed by atoms with Crippen molar-refractivity contribution >= 4 is 0 Å². The molecular formula is C16H31F2N. The van der Waals surface area contributed by atoms with Crippen LogP contribution in [0.5, 0.6) is 0 Å². The van der Waals surface area contributed by atoms with Gasteiger partial charge in [-0.2, -0.15) is 0 Å². The predicted octanol–water partition coefficient (Wildman–Crippen LogP) is 5.01. The highest BCUT2D eigenvalue weighted by Gasteiger charge is 2.56. The Kier molecular flexibility index (Phi) is 6.19. The predicted molar refractivity (Wildman–Crippen MR) is 79.4 cm³/mol. The van der Waals surface area contributed by atoms with Crippen molar-refractivity contribution in [2.24, 2.45) is 22.5 Å². The molecule has 0 saturated heterocycles. The number of alkyl halides is 2. The molecule has 19 heavy (non-hydrogen) atoms. The first kappa shape index (κ1) is 18.6. The molecule has 3 atom stereocenters. The van der Waals surface area contributed by atoms with Crippen LogP contribution >= 0.6 is 0 Å². The summed E-state index contributed by atoms with van der Waals surface area (Å²) < 4.78 is 28.8. The molecule has 1 nitrogen and oxygen atoms in total. The second kappa shape index (κ2) is 6.34. The van der Waals surface area contributed by atoms with Crippen LogP contribution in [-0.2, 0) is 0 Å². The summed E-state index contributed by atoms with van der Waals surface area (Å²) in [7, 11) is 0. The van der Waals surface area contributed by atoms with Crippen LogP contribution in [0.2, 0.25) is 0 Å². The van der Waals surface area contributed by atoms with Gasteiger partial charge in [0.1, 0.15) is 0 Å². The van der Waals surface area contributed by atoms with E-state index in [1.54, 1.807) is 20.8 Å². The molecule has 1 rings (SSSR count). The van der Waals surface area contributed by atoms with Gasteiger partial charge in [0.15, 0.2) is 0 Å². The number of hydrogen-bond donors (Lipinski definition) is 1. The quantitative estimate of drug-likeness (QED) is 0.720. The highest BCUT2D eigenvalue weighted by atomic mass is 19.3. The molecule has 0 aromatic rings. The number of nitrogens with two attached hydrogens (primary N) is 1. The first-order valence-electron chi connectivity index (χ1n) is 7.18. The van der Waals surface area contributed by atoms with Gasteiger partial charge < -0.3 is 5.73 Å². The smallest absolute Gasteiger partial charge is 0.255 e. The summed E-state index contributed by atoms with van der Waals surface area (Å²) in [6.45, 7) is 15.0. The van der Waals surface area contributed by atoms with Crippen molar-refractivity contribution in [2.75, 3.05) is 0 Å². The van der Waals surface area contributed by atoms with Crippen molar-refractivity contribution in [3.63, 3.8) is 0 Å². The maximum Gasteiger partial charge on any atom is 0.255 e. The fourth-order valence-electron chi connectivity index (χ4n) is 3.32. The van der Waals surface area contributed by atoms with Gasteiger partial charge in [0.05, 0.1) is 0 Å². The zero-order valence-electron chi connectivity index (χ0n) is 13.2. The second-order valence-corrected chi connectivity index (χ2v) is 6.81. The highest BCUT2D eigenvalue weighted by molar-refractivity contribution is 5.00. The van der Waals surface area contributed by atoms with E-state index in [2.05, 4.69) is 20.1 Å². The van der Waals surface area contributed by atoms with E-state index in [9.17, 15) is 8.78 Å². The summed E-state index contributed by atoms with van der Waals surface area (Å²) in [5.41, 5.74) is 4.95. The Hall–Kier alpha value is -0.440. The van der Waals surface area contributed by atoms with E-state index in [4.69, 9.17) is 5.73 Å². The summed E-state index contributed by atoms with van der Waals surface area (Å²) >= 11 is 0. The van der Waals surface area contributed by atoms with Crippen molar-refractivity contribution in [1.82, 2.24) is 0 Å². The van der Waals surface area contributed by atoms with E-state index >= 15 is 0 Å². The lowest BCUT2D eigenvalue weighted by Crippen LogP contribution is -2.52. The fraction of sp³-hybridized carbons (Fsp3) is 0.875. The van der Waals surface area contributed by atoms with Gasteiger partial charge in [0.2, 0.25) is 0 Å². The molecule has 0 amide bonds. The zero-order valence-corrected chi connectivity index (χ0v) is 13.2. The van der Waals surface area contributed by atoms with Crippen LogP contribution in [0.25, 0.3) is 0 Å². The van der Waals surface area contributed by atoms with Crippen LogP contribution in [0.1, 0.15) is 60.3 Å². The molecule has 1 aliphatic rings. The molecule has 1 aliphatic carbocycles. The third-order valence-electron chi connectivity index (χ3n) is 4.90. The minimum absolute atomic E-state index is 0.0231. The lowest BCUT2D eigenvalue weighted by molar-refractivity contribution is -0.179. The summed E-state index contributed by atoms with van der Waals surface area (Å²) in [5.74, 6) is -3.22. The first-order valence-corrected chi connectivity index (χ1v) is 7.18. The van der Waals surface area contributed by atoms with Crippen molar-refractivity contribution < 1.29 is 8.78 Å². The molecule has 0 spiro atoms. The van der Waals surface area contributed by atoms with Gasteiger partial charge in [-0.1, -0.05) is 34.1 Å². The molecular weight excluding hydrogens is 244 g/mol. The van der Waals surface area contributed by atoms with Crippen LogP contribution < -0.4 is 5.73 Å². The molecule has 1 saturated carbocycles. The Balaban J connectivity index is 0.00000154. The Labute approximate surface area is 117 Å². The standard InChI is InChI=1S/C14H27F2N.C2H4/c1-10(2)14(15,16)13(5)8-6-7-12(4,9-13)11(3)17;1-2/h10-11H,6-9,17H2,1-5H3;1-2H2. The SMILES string of the molecule is C=C.CC(N)C1(C)CCCC(C)(C(F)(F)C(C)C)C1. The number of hydrogen-bond acceptors (Lipinski definition) is 1. The lowest BCUT2D eigenvalue weighted by Gasteiger charge is -2.50. The van der Waals surface area contributed by atoms with Crippen LogP contribution in [0.3, 0.4) is 0 Å². The minimum Gasteiger partial charge on any atom is -0.327 e.